The van der Waals surface area contributed by atoms with Crippen LogP contribution in [0.4, 0.5) is 0 Å². The largest absolute Gasteiger partial charge is 0.396 e. The Morgan fingerprint density at radius 2 is 1.78 bits per heavy atom. The molecule has 1 saturated carbocycles. The van der Waals surface area contributed by atoms with Crippen molar-refractivity contribution in [2.75, 3.05) is 13.2 Å². The van der Waals surface area contributed by atoms with E-state index in [-0.39, 0.29) is 17.9 Å². The van der Waals surface area contributed by atoms with Crippen molar-refractivity contribution in [2.45, 2.75) is 12.8 Å². The van der Waals surface area contributed by atoms with Gasteiger partial charge in [0.2, 0.25) is 5.91 Å². The van der Waals surface area contributed by atoms with Crippen LogP contribution in [0.5, 0.6) is 0 Å². The molecule has 0 atom stereocenters. The van der Waals surface area contributed by atoms with Crippen molar-refractivity contribution in [3.8, 4) is 0 Å². The van der Waals surface area contributed by atoms with E-state index in [4.69, 9.17) is 10.8 Å². The Hall–Kier alpha value is -1.88. The zero-order chi connectivity index (χ0) is 13.2. The smallest absolute Gasteiger partial charge is 0.251 e. The molecule has 5 nitrogen and oxygen atoms in total. The number of benzene rings is 1. The number of primary amides is 1. The zero-order valence-electron chi connectivity index (χ0n) is 9.98. The third-order valence-corrected chi connectivity index (χ3v) is 3.35. The molecule has 1 aliphatic rings. The predicted octanol–water partition coefficient (Wildman–Crippen LogP) is 0.288. The van der Waals surface area contributed by atoms with Gasteiger partial charge in [-0.15, -0.1) is 0 Å². The molecule has 0 bridgehead atoms. The van der Waals surface area contributed by atoms with Gasteiger partial charge in [-0.25, -0.2) is 0 Å². The quantitative estimate of drug-likeness (QED) is 0.699. The summed E-state index contributed by atoms with van der Waals surface area (Å²) in [6, 6.07) is 6.17. The molecular weight excluding hydrogens is 232 g/mol. The maximum absolute atomic E-state index is 11.8. The highest BCUT2D eigenvalue weighted by Gasteiger charge is 2.42. The molecule has 5 heteroatoms. The van der Waals surface area contributed by atoms with Crippen LogP contribution in [0, 0.1) is 5.41 Å². The minimum absolute atomic E-state index is 0.105. The molecule has 18 heavy (non-hydrogen) atoms. The molecule has 96 valence electrons. The summed E-state index contributed by atoms with van der Waals surface area (Å²) in [6.45, 7) is 0.591. The number of hydrogen-bond donors (Lipinski definition) is 3. The van der Waals surface area contributed by atoms with Crippen LogP contribution in [0.3, 0.4) is 0 Å². The first-order valence-corrected chi connectivity index (χ1v) is 5.85. The molecule has 0 saturated heterocycles. The van der Waals surface area contributed by atoms with Crippen molar-refractivity contribution in [3.05, 3.63) is 35.4 Å². The SMILES string of the molecule is NC(=O)c1ccc(C(=O)NCC2(CO)CC2)cc1. The second-order valence-electron chi connectivity index (χ2n) is 4.78. The summed E-state index contributed by atoms with van der Waals surface area (Å²) >= 11 is 0. The number of aliphatic hydroxyl groups is 1. The van der Waals surface area contributed by atoms with Crippen molar-refractivity contribution in [2.24, 2.45) is 11.1 Å². The molecule has 4 N–H and O–H groups in total. The van der Waals surface area contributed by atoms with Crippen molar-refractivity contribution >= 4 is 11.8 Å². The predicted molar refractivity (Wildman–Crippen MR) is 66.0 cm³/mol. The Kier molecular flexibility index (Phi) is 3.34. The van der Waals surface area contributed by atoms with Gasteiger partial charge >= 0.3 is 0 Å². The molecule has 0 aromatic heterocycles. The van der Waals surface area contributed by atoms with Crippen LogP contribution in [0.2, 0.25) is 0 Å². The maximum atomic E-state index is 11.8. The van der Waals surface area contributed by atoms with E-state index < -0.39 is 5.91 Å². The van der Waals surface area contributed by atoms with Crippen LogP contribution < -0.4 is 11.1 Å². The van der Waals surface area contributed by atoms with Crippen LogP contribution in [-0.2, 0) is 0 Å². The summed E-state index contributed by atoms with van der Waals surface area (Å²) in [7, 11) is 0. The standard InChI is InChI=1S/C13H16N2O3/c14-11(17)9-1-3-10(4-2-9)12(18)15-7-13(8-16)5-6-13/h1-4,16H,5-8H2,(H2,14,17)(H,15,18). The molecule has 2 amide bonds. The van der Waals surface area contributed by atoms with Gasteiger partial charge in [-0.2, -0.15) is 0 Å². The molecule has 2 rings (SSSR count). The summed E-state index contributed by atoms with van der Waals surface area (Å²) < 4.78 is 0. The molecule has 0 radical (unpaired) electrons. The Balaban J connectivity index is 1.94. The molecule has 0 aliphatic heterocycles. The number of aliphatic hydroxyl groups excluding tert-OH is 1. The molecule has 1 aromatic rings. The van der Waals surface area contributed by atoms with Crippen LogP contribution in [-0.4, -0.2) is 30.1 Å². The minimum atomic E-state index is -0.515. The lowest BCUT2D eigenvalue weighted by Gasteiger charge is -2.12. The Bertz CT molecular complexity index is 464. The first kappa shape index (κ1) is 12.6. The zero-order valence-corrected chi connectivity index (χ0v) is 9.98. The van der Waals surface area contributed by atoms with Gasteiger partial charge in [0.05, 0.1) is 6.61 Å². The van der Waals surface area contributed by atoms with Gasteiger partial charge in [-0.3, -0.25) is 9.59 Å². The fourth-order valence-corrected chi connectivity index (χ4v) is 1.72. The van der Waals surface area contributed by atoms with Crippen LogP contribution in [0.1, 0.15) is 33.6 Å². The van der Waals surface area contributed by atoms with Gasteiger partial charge in [-0.05, 0) is 37.1 Å². The van der Waals surface area contributed by atoms with Crippen LogP contribution >= 0.6 is 0 Å². The van der Waals surface area contributed by atoms with Crippen molar-refractivity contribution in [1.82, 2.24) is 5.32 Å². The summed E-state index contributed by atoms with van der Waals surface area (Å²) in [5, 5.41) is 11.9. The molecule has 1 fully saturated rings. The Morgan fingerprint density at radius 1 is 1.22 bits per heavy atom. The van der Waals surface area contributed by atoms with Crippen LogP contribution in [0.25, 0.3) is 0 Å². The molecule has 0 heterocycles. The number of carbonyl (C=O) groups is 2. The van der Waals surface area contributed by atoms with E-state index >= 15 is 0 Å². The second-order valence-corrected chi connectivity index (χ2v) is 4.78. The summed E-state index contributed by atoms with van der Waals surface area (Å²) in [5.74, 6) is -0.718. The van der Waals surface area contributed by atoms with E-state index in [0.29, 0.717) is 17.7 Å². The number of nitrogens with one attached hydrogen (secondary N) is 1. The lowest BCUT2D eigenvalue weighted by molar-refractivity contribution is 0.0933. The van der Waals surface area contributed by atoms with E-state index in [9.17, 15) is 9.59 Å². The molecular formula is C13H16N2O3. The van der Waals surface area contributed by atoms with Gasteiger partial charge < -0.3 is 16.2 Å². The summed E-state index contributed by atoms with van der Waals surface area (Å²) in [4.78, 5) is 22.7. The lowest BCUT2D eigenvalue weighted by atomic mass is 10.1. The number of nitrogens with two attached hydrogens (primary N) is 1. The monoisotopic (exact) mass is 248 g/mol. The van der Waals surface area contributed by atoms with Gasteiger partial charge in [0.1, 0.15) is 0 Å². The average Bonchev–Trinajstić information content (AvgIpc) is 3.17. The Labute approximate surface area is 105 Å². The molecule has 1 aromatic carbocycles. The van der Waals surface area contributed by atoms with E-state index in [2.05, 4.69) is 5.32 Å². The van der Waals surface area contributed by atoms with Gasteiger partial charge in [0, 0.05) is 23.1 Å². The highest BCUT2D eigenvalue weighted by atomic mass is 16.3. The minimum Gasteiger partial charge on any atom is -0.396 e. The summed E-state index contributed by atoms with van der Waals surface area (Å²) in [5.41, 5.74) is 5.86. The second kappa shape index (κ2) is 4.78. The van der Waals surface area contributed by atoms with Crippen molar-refractivity contribution < 1.29 is 14.7 Å². The highest BCUT2D eigenvalue weighted by molar-refractivity contribution is 5.97. The molecule has 0 unspecified atom stereocenters. The van der Waals surface area contributed by atoms with Gasteiger partial charge in [0.25, 0.3) is 5.91 Å². The maximum Gasteiger partial charge on any atom is 0.251 e. The fraction of sp³-hybridized carbons (Fsp3) is 0.385. The van der Waals surface area contributed by atoms with E-state index in [1.54, 1.807) is 12.1 Å². The van der Waals surface area contributed by atoms with Gasteiger partial charge in [-0.1, -0.05) is 0 Å². The molecule has 1 aliphatic carbocycles. The van der Waals surface area contributed by atoms with E-state index in [1.807, 2.05) is 0 Å². The number of carbonyl (C=O) groups excluding carboxylic acids is 2. The first-order valence-electron chi connectivity index (χ1n) is 5.85. The Morgan fingerprint density at radius 3 is 2.22 bits per heavy atom. The fourth-order valence-electron chi connectivity index (χ4n) is 1.72. The highest BCUT2D eigenvalue weighted by Crippen LogP contribution is 2.44. The van der Waals surface area contributed by atoms with Crippen LogP contribution in [0.15, 0.2) is 24.3 Å². The normalized spacial score (nSPS) is 16.1. The van der Waals surface area contributed by atoms with E-state index in [1.165, 1.54) is 12.1 Å². The van der Waals surface area contributed by atoms with Crippen molar-refractivity contribution in [1.29, 1.82) is 0 Å². The van der Waals surface area contributed by atoms with Gasteiger partial charge in [0.15, 0.2) is 0 Å². The number of amides is 2. The molecule has 0 spiro atoms. The first-order chi connectivity index (χ1) is 8.56. The van der Waals surface area contributed by atoms with Crippen molar-refractivity contribution in [3.63, 3.8) is 0 Å². The number of rotatable bonds is 5. The third-order valence-electron chi connectivity index (χ3n) is 3.35. The summed E-state index contributed by atoms with van der Waals surface area (Å²) in [6.07, 6.45) is 1.90. The lowest BCUT2D eigenvalue weighted by Crippen LogP contribution is -2.31. The topological polar surface area (TPSA) is 92.4 Å². The average molecular weight is 248 g/mol. The van der Waals surface area contributed by atoms with E-state index in [0.717, 1.165) is 12.8 Å². The third kappa shape index (κ3) is 2.68. The number of hydrogen-bond acceptors (Lipinski definition) is 3.